The van der Waals surface area contributed by atoms with Crippen LogP contribution in [0.3, 0.4) is 0 Å². The standard InChI is InChI=1S/C20H21N5/c1-5-15(4)23-19-8-9-20-22-13-18(25(20)24-19)7-6-16-10-17(14(2)3)12-21-11-16/h8-13,15H,2,5H2,1,3-4H3,(H,23,24). The lowest BCUT2D eigenvalue weighted by molar-refractivity contribution is 0.751. The highest BCUT2D eigenvalue weighted by atomic mass is 15.3. The van der Waals surface area contributed by atoms with Gasteiger partial charge < -0.3 is 5.32 Å². The molecule has 5 heteroatoms. The molecule has 3 aromatic heterocycles. The van der Waals surface area contributed by atoms with E-state index in [1.165, 1.54) is 0 Å². The number of hydrogen-bond donors (Lipinski definition) is 1. The lowest BCUT2D eigenvalue weighted by Gasteiger charge is -2.11. The van der Waals surface area contributed by atoms with Gasteiger partial charge in [-0.2, -0.15) is 0 Å². The summed E-state index contributed by atoms with van der Waals surface area (Å²) in [4.78, 5) is 8.57. The summed E-state index contributed by atoms with van der Waals surface area (Å²) in [6, 6.07) is 6.21. The van der Waals surface area contributed by atoms with Crippen molar-refractivity contribution in [3.05, 3.63) is 60.2 Å². The lowest BCUT2D eigenvalue weighted by Crippen LogP contribution is -2.15. The Balaban J connectivity index is 1.93. The molecule has 0 saturated carbocycles. The first kappa shape index (κ1) is 16.7. The second kappa shape index (κ2) is 7.18. The molecule has 0 aliphatic heterocycles. The number of allylic oxidation sites excluding steroid dienone is 1. The molecule has 0 amide bonds. The summed E-state index contributed by atoms with van der Waals surface area (Å²) in [7, 11) is 0. The van der Waals surface area contributed by atoms with Crippen LogP contribution in [0.15, 0.2) is 43.4 Å². The molecule has 0 radical (unpaired) electrons. The SMILES string of the molecule is C=C(C)c1cncc(C#Cc2cnc3ccc(NC(C)CC)nn23)c1. The van der Waals surface area contributed by atoms with E-state index in [0.29, 0.717) is 6.04 Å². The van der Waals surface area contributed by atoms with Gasteiger partial charge in [0.05, 0.1) is 6.20 Å². The number of imidazole rings is 1. The van der Waals surface area contributed by atoms with E-state index in [2.05, 4.69) is 52.7 Å². The summed E-state index contributed by atoms with van der Waals surface area (Å²) >= 11 is 0. The Hall–Kier alpha value is -3.13. The first-order chi connectivity index (χ1) is 12.1. The molecule has 3 rings (SSSR count). The quantitative estimate of drug-likeness (QED) is 0.740. The predicted octanol–water partition coefficient (Wildman–Crippen LogP) is 3.77. The van der Waals surface area contributed by atoms with Gasteiger partial charge in [0.25, 0.3) is 0 Å². The zero-order valence-electron chi connectivity index (χ0n) is 14.7. The third-order valence-electron chi connectivity index (χ3n) is 3.93. The molecule has 126 valence electrons. The maximum atomic E-state index is 4.59. The molecule has 0 spiro atoms. The summed E-state index contributed by atoms with van der Waals surface area (Å²) < 4.78 is 1.76. The highest BCUT2D eigenvalue weighted by molar-refractivity contribution is 5.62. The molecule has 25 heavy (non-hydrogen) atoms. The smallest absolute Gasteiger partial charge is 0.155 e. The number of aromatic nitrogens is 4. The molecule has 1 N–H and O–H groups in total. The minimum Gasteiger partial charge on any atom is -0.366 e. The lowest BCUT2D eigenvalue weighted by atomic mass is 10.1. The van der Waals surface area contributed by atoms with E-state index in [1.807, 2.05) is 25.1 Å². The molecule has 0 saturated heterocycles. The summed E-state index contributed by atoms with van der Waals surface area (Å²) in [6.07, 6.45) is 6.29. The average molecular weight is 331 g/mol. The topological polar surface area (TPSA) is 55.1 Å². The summed E-state index contributed by atoms with van der Waals surface area (Å²) in [6.45, 7) is 10.2. The molecule has 0 aliphatic carbocycles. The van der Waals surface area contributed by atoms with Crippen molar-refractivity contribution < 1.29 is 0 Å². The van der Waals surface area contributed by atoms with E-state index >= 15 is 0 Å². The van der Waals surface area contributed by atoms with Crippen molar-refractivity contribution >= 4 is 17.0 Å². The highest BCUT2D eigenvalue weighted by Gasteiger charge is 2.05. The predicted molar refractivity (Wildman–Crippen MR) is 101 cm³/mol. The summed E-state index contributed by atoms with van der Waals surface area (Å²) in [5.41, 5.74) is 4.30. The molecule has 3 heterocycles. The van der Waals surface area contributed by atoms with Crippen molar-refractivity contribution in [3.8, 4) is 11.8 Å². The minimum absolute atomic E-state index is 0.360. The Morgan fingerprint density at radius 2 is 2.12 bits per heavy atom. The van der Waals surface area contributed by atoms with E-state index in [1.54, 1.807) is 23.1 Å². The van der Waals surface area contributed by atoms with Gasteiger partial charge in [0, 0.05) is 24.0 Å². The van der Waals surface area contributed by atoms with Crippen molar-refractivity contribution in [1.29, 1.82) is 0 Å². The molecule has 0 bridgehead atoms. The van der Waals surface area contributed by atoms with Gasteiger partial charge >= 0.3 is 0 Å². The maximum absolute atomic E-state index is 4.59. The van der Waals surface area contributed by atoms with E-state index in [9.17, 15) is 0 Å². The van der Waals surface area contributed by atoms with Gasteiger partial charge in [-0.05, 0) is 55.5 Å². The minimum atomic E-state index is 0.360. The van der Waals surface area contributed by atoms with Crippen LogP contribution >= 0.6 is 0 Å². The molecule has 0 aliphatic rings. The van der Waals surface area contributed by atoms with E-state index < -0.39 is 0 Å². The van der Waals surface area contributed by atoms with Crippen LogP contribution < -0.4 is 5.32 Å². The van der Waals surface area contributed by atoms with Crippen molar-refractivity contribution in [3.63, 3.8) is 0 Å². The second-order valence-corrected chi connectivity index (χ2v) is 6.08. The summed E-state index contributed by atoms with van der Waals surface area (Å²) in [5, 5.41) is 7.96. The highest BCUT2D eigenvalue weighted by Crippen LogP contribution is 2.12. The van der Waals surface area contributed by atoms with Gasteiger partial charge in [-0.3, -0.25) is 4.98 Å². The Kier molecular flexibility index (Phi) is 4.80. The Morgan fingerprint density at radius 1 is 1.28 bits per heavy atom. The van der Waals surface area contributed by atoms with Crippen molar-refractivity contribution in [2.24, 2.45) is 0 Å². The summed E-state index contributed by atoms with van der Waals surface area (Å²) in [5.74, 6) is 7.08. The van der Waals surface area contributed by atoms with Crippen LogP contribution in [-0.4, -0.2) is 25.6 Å². The average Bonchev–Trinajstić information content (AvgIpc) is 3.02. The number of pyridine rings is 1. The van der Waals surface area contributed by atoms with Crippen LogP contribution in [0, 0.1) is 11.8 Å². The van der Waals surface area contributed by atoms with Crippen molar-refractivity contribution in [1.82, 2.24) is 19.6 Å². The second-order valence-electron chi connectivity index (χ2n) is 6.08. The van der Waals surface area contributed by atoms with Crippen LogP contribution in [0.5, 0.6) is 0 Å². The Labute approximate surface area is 147 Å². The largest absolute Gasteiger partial charge is 0.366 e. The van der Waals surface area contributed by atoms with Crippen LogP contribution in [-0.2, 0) is 0 Å². The van der Waals surface area contributed by atoms with Crippen LogP contribution in [0.25, 0.3) is 11.2 Å². The van der Waals surface area contributed by atoms with Crippen LogP contribution in [0.2, 0.25) is 0 Å². The number of rotatable bonds is 4. The molecule has 3 aromatic rings. The van der Waals surface area contributed by atoms with E-state index in [4.69, 9.17) is 0 Å². The monoisotopic (exact) mass is 331 g/mol. The third-order valence-corrected chi connectivity index (χ3v) is 3.93. The molecule has 1 unspecified atom stereocenters. The first-order valence-corrected chi connectivity index (χ1v) is 8.31. The van der Waals surface area contributed by atoms with Crippen molar-refractivity contribution in [2.45, 2.75) is 33.2 Å². The molecule has 1 atom stereocenters. The fraction of sp³-hybridized carbons (Fsp3) is 0.250. The van der Waals surface area contributed by atoms with E-state index in [0.717, 1.165) is 40.3 Å². The Bertz CT molecular complexity index is 974. The zero-order valence-corrected chi connectivity index (χ0v) is 14.7. The molecule has 0 aromatic carbocycles. The van der Waals surface area contributed by atoms with Crippen LogP contribution in [0.1, 0.15) is 44.0 Å². The maximum Gasteiger partial charge on any atom is 0.155 e. The zero-order chi connectivity index (χ0) is 17.8. The third kappa shape index (κ3) is 3.86. The van der Waals surface area contributed by atoms with Gasteiger partial charge in [-0.25, -0.2) is 9.50 Å². The van der Waals surface area contributed by atoms with Gasteiger partial charge in [0.1, 0.15) is 11.5 Å². The Morgan fingerprint density at radius 3 is 2.88 bits per heavy atom. The first-order valence-electron chi connectivity index (χ1n) is 8.31. The van der Waals surface area contributed by atoms with Gasteiger partial charge in [-0.15, -0.1) is 5.10 Å². The van der Waals surface area contributed by atoms with E-state index in [-0.39, 0.29) is 0 Å². The fourth-order valence-corrected chi connectivity index (χ4v) is 2.27. The van der Waals surface area contributed by atoms with Crippen molar-refractivity contribution in [2.75, 3.05) is 5.32 Å². The van der Waals surface area contributed by atoms with Gasteiger partial charge in [0.15, 0.2) is 5.65 Å². The number of nitrogens with zero attached hydrogens (tertiary/aromatic N) is 4. The molecular weight excluding hydrogens is 310 g/mol. The number of nitrogens with one attached hydrogen (secondary N) is 1. The van der Waals surface area contributed by atoms with Gasteiger partial charge in [0.2, 0.25) is 0 Å². The van der Waals surface area contributed by atoms with Crippen LogP contribution in [0.4, 0.5) is 5.82 Å². The molecule has 0 fully saturated rings. The normalized spacial score (nSPS) is 11.6. The number of hydrogen-bond acceptors (Lipinski definition) is 4. The number of anilines is 1. The number of fused-ring (bicyclic) bond motifs is 1. The molecular formula is C20H21N5. The van der Waals surface area contributed by atoms with Gasteiger partial charge in [-0.1, -0.05) is 19.4 Å². The molecule has 5 nitrogen and oxygen atoms in total. The fourth-order valence-electron chi connectivity index (χ4n) is 2.27.